The third kappa shape index (κ3) is 7.93. The first-order chi connectivity index (χ1) is 17.9. The van der Waals surface area contributed by atoms with E-state index in [-0.39, 0.29) is 31.1 Å². The molecule has 38 heavy (non-hydrogen) atoms. The van der Waals surface area contributed by atoms with Crippen molar-refractivity contribution in [2.24, 2.45) is 5.92 Å². The highest BCUT2D eigenvalue weighted by Crippen LogP contribution is 2.42. The molecule has 0 amide bonds. The van der Waals surface area contributed by atoms with Crippen molar-refractivity contribution in [2.75, 3.05) is 46.4 Å². The van der Waals surface area contributed by atoms with Crippen LogP contribution >= 0.6 is 0 Å². The zero-order chi connectivity index (χ0) is 28.0. The molecular formula is C29H47NO6SSi. The highest BCUT2D eigenvalue weighted by atomic mass is 32.2. The fourth-order valence-electron chi connectivity index (χ4n) is 4.82. The third-order valence-electron chi connectivity index (χ3n) is 7.23. The lowest BCUT2D eigenvalue weighted by molar-refractivity contribution is -0.146. The maximum atomic E-state index is 13.8. The summed E-state index contributed by atoms with van der Waals surface area (Å²) in [4.78, 5) is 13.1. The van der Waals surface area contributed by atoms with Crippen molar-refractivity contribution in [2.45, 2.75) is 75.5 Å². The van der Waals surface area contributed by atoms with Gasteiger partial charge in [0.2, 0.25) is 0 Å². The van der Waals surface area contributed by atoms with E-state index in [0.717, 1.165) is 30.0 Å². The van der Waals surface area contributed by atoms with Gasteiger partial charge in [-0.25, -0.2) is 0 Å². The Morgan fingerprint density at radius 2 is 1.84 bits per heavy atom. The summed E-state index contributed by atoms with van der Waals surface area (Å²) in [6.07, 6.45) is 3.24. The molecule has 7 nitrogen and oxygen atoms in total. The largest absolute Gasteiger partial charge is 0.597 e. The Morgan fingerprint density at radius 1 is 1.21 bits per heavy atom. The van der Waals surface area contributed by atoms with Gasteiger partial charge in [0.1, 0.15) is 23.6 Å². The average molecular weight is 566 g/mol. The molecule has 0 aliphatic carbocycles. The number of hydrogen-bond acceptors (Lipinski definition) is 7. The predicted molar refractivity (Wildman–Crippen MR) is 155 cm³/mol. The van der Waals surface area contributed by atoms with Gasteiger partial charge in [0.05, 0.1) is 19.1 Å². The molecule has 214 valence electrons. The minimum atomic E-state index is -1.31. The van der Waals surface area contributed by atoms with Crippen molar-refractivity contribution in [3.8, 4) is 0 Å². The molecule has 2 atom stereocenters. The molecule has 2 unspecified atom stereocenters. The van der Waals surface area contributed by atoms with E-state index in [1.165, 1.54) is 0 Å². The van der Waals surface area contributed by atoms with E-state index >= 15 is 0 Å². The van der Waals surface area contributed by atoms with E-state index in [4.69, 9.17) is 18.9 Å². The first-order valence-corrected chi connectivity index (χ1v) is 18.5. The zero-order valence-electron chi connectivity index (χ0n) is 24.1. The Kier molecular flexibility index (Phi) is 11.1. The van der Waals surface area contributed by atoms with E-state index in [1.807, 2.05) is 37.2 Å². The molecule has 0 N–H and O–H groups in total. The van der Waals surface area contributed by atoms with Crippen LogP contribution in [0, 0.1) is 5.92 Å². The number of carbonyl (C=O) groups excluding carboxylic acids is 1. The van der Waals surface area contributed by atoms with Crippen LogP contribution in [0.4, 0.5) is 0 Å². The summed E-state index contributed by atoms with van der Waals surface area (Å²) in [7, 11) is -1.24. The van der Waals surface area contributed by atoms with Crippen LogP contribution in [0.15, 0.2) is 36.9 Å². The zero-order valence-corrected chi connectivity index (χ0v) is 25.9. The molecular weight excluding hydrogens is 518 g/mol. The van der Waals surface area contributed by atoms with Gasteiger partial charge < -0.3 is 23.5 Å². The summed E-state index contributed by atoms with van der Waals surface area (Å²) < 4.78 is 38.2. The number of ether oxygens (including phenoxy) is 4. The van der Waals surface area contributed by atoms with Gasteiger partial charge in [-0.3, -0.25) is 4.79 Å². The highest BCUT2D eigenvalue weighted by Gasteiger charge is 2.54. The van der Waals surface area contributed by atoms with Crippen LogP contribution in [0.5, 0.6) is 0 Å². The summed E-state index contributed by atoms with van der Waals surface area (Å²) in [5.74, 6) is -0.415. The van der Waals surface area contributed by atoms with E-state index in [9.17, 15) is 9.35 Å². The molecule has 0 saturated carbocycles. The average Bonchev–Trinajstić information content (AvgIpc) is 2.83. The first kappa shape index (κ1) is 31.3. The van der Waals surface area contributed by atoms with Crippen LogP contribution in [0.2, 0.25) is 25.7 Å². The summed E-state index contributed by atoms with van der Waals surface area (Å²) >= 11 is -1.31. The third-order valence-corrected chi connectivity index (χ3v) is 10.8. The first-order valence-electron chi connectivity index (χ1n) is 13.7. The van der Waals surface area contributed by atoms with Crippen molar-refractivity contribution >= 4 is 25.4 Å². The number of esters is 1. The maximum Gasteiger partial charge on any atom is 0.314 e. The lowest BCUT2D eigenvalue weighted by Gasteiger charge is -2.50. The number of rotatable bonds is 13. The lowest BCUT2D eigenvalue weighted by atomic mass is 9.80. The summed E-state index contributed by atoms with van der Waals surface area (Å²) in [5.41, 5.74) is 1.40. The Morgan fingerprint density at radius 3 is 2.34 bits per heavy atom. The van der Waals surface area contributed by atoms with Crippen molar-refractivity contribution in [1.82, 2.24) is 4.31 Å². The van der Waals surface area contributed by atoms with Gasteiger partial charge in [-0.1, -0.05) is 60.9 Å². The Bertz CT molecular complexity index is 903. The van der Waals surface area contributed by atoms with Crippen LogP contribution in [-0.4, -0.2) is 74.0 Å². The molecule has 0 bridgehead atoms. The second-order valence-corrected chi connectivity index (χ2v) is 20.4. The second-order valence-electron chi connectivity index (χ2n) is 12.6. The minimum Gasteiger partial charge on any atom is -0.597 e. The number of carbonyl (C=O) groups is 1. The molecule has 3 rings (SSSR count). The Hall–Kier alpha value is -1.20. The van der Waals surface area contributed by atoms with Crippen molar-refractivity contribution in [1.29, 1.82) is 0 Å². The van der Waals surface area contributed by atoms with E-state index in [0.29, 0.717) is 33.0 Å². The van der Waals surface area contributed by atoms with Crippen LogP contribution in [0.3, 0.4) is 0 Å². The lowest BCUT2D eigenvalue weighted by Crippen LogP contribution is -2.64. The molecule has 1 aromatic rings. The van der Waals surface area contributed by atoms with Gasteiger partial charge in [-0.2, -0.15) is 0 Å². The van der Waals surface area contributed by atoms with Crippen molar-refractivity contribution < 1.29 is 28.3 Å². The second kappa shape index (κ2) is 13.4. The van der Waals surface area contributed by atoms with Gasteiger partial charge in [0.15, 0.2) is 0 Å². The number of nitrogens with zero attached hydrogens (tertiary/aromatic N) is 1. The number of hydrogen-bond donors (Lipinski definition) is 0. The predicted octanol–water partition coefficient (Wildman–Crippen LogP) is 5.23. The molecule has 1 aromatic carbocycles. The molecule has 2 aliphatic heterocycles. The van der Waals surface area contributed by atoms with Crippen LogP contribution in [0.25, 0.3) is 0 Å². The van der Waals surface area contributed by atoms with Crippen molar-refractivity contribution in [3.05, 3.63) is 48.0 Å². The molecule has 2 heterocycles. The van der Waals surface area contributed by atoms with E-state index in [2.05, 4.69) is 38.4 Å². The van der Waals surface area contributed by atoms with Crippen LogP contribution in [-0.2, 0) is 40.6 Å². The fourth-order valence-corrected chi connectivity index (χ4v) is 6.93. The molecule has 2 saturated heterocycles. The molecule has 0 spiro atoms. The topological polar surface area (TPSA) is 80.3 Å². The van der Waals surface area contributed by atoms with E-state index < -0.39 is 29.7 Å². The van der Waals surface area contributed by atoms with Gasteiger partial charge in [0, 0.05) is 39.3 Å². The standard InChI is InChI=1S/C29H47NO6SSi/c1-8-15-36-27(31)26(24-13-16-33-17-14-24)23-9-11-25(12-10-23)29(20-35-21-29)30(37(32)28(2,3)4)22-34-18-19-38(5,6)7/h8-12,24,26H,1,13-22H2,2-7H3. The van der Waals surface area contributed by atoms with Gasteiger partial charge in [0.25, 0.3) is 0 Å². The van der Waals surface area contributed by atoms with Crippen LogP contribution < -0.4 is 0 Å². The number of benzene rings is 1. The fraction of sp³-hybridized carbons (Fsp3) is 0.690. The quantitative estimate of drug-likeness (QED) is 0.0809. The van der Waals surface area contributed by atoms with Gasteiger partial charge in [-0.15, -0.1) is 0 Å². The normalized spacial score (nSPS) is 20.0. The smallest absolute Gasteiger partial charge is 0.314 e. The Balaban J connectivity index is 1.87. The minimum absolute atomic E-state index is 0.164. The highest BCUT2D eigenvalue weighted by molar-refractivity contribution is 7.90. The summed E-state index contributed by atoms with van der Waals surface area (Å²) in [6, 6.07) is 9.21. The Labute approximate surface area is 233 Å². The van der Waals surface area contributed by atoms with Gasteiger partial charge >= 0.3 is 5.97 Å². The maximum absolute atomic E-state index is 13.8. The van der Waals surface area contributed by atoms with Gasteiger partial charge in [-0.05, 0) is 56.7 Å². The summed E-state index contributed by atoms with van der Waals surface area (Å²) in [5, 5.41) is 0. The molecule has 2 aliphatic rings. The SMILES string of the molecule is C=CCOC(=O)C(c1ccc(C2(N(COCC[Si](C)(C)C)[S+]([O-])C(C)(C)C)COC2)cc1)C1CCOCC1. The van der Waals surface area contributed by atoms with E-state index in [1.54, 1.807) is 6.08 Å². The molecule has 0 radical (unpaired) electrons. The monoisotopic (exact) mass is 565 g/mol. The van der Waals surface area contributed by atoms with Crippen LogP contribution in [0.1, 0.15) is 50.7 Å². The molecule has 9 heteroatoms. The molecule has 0 aromatic heterocycles. The van der Waals surface area contributed by atoms with Crippen molar-refractivity contribution in [3.63, 3.8) is 0 Å². The summed E-state index contributed by atoms with van der Waals surface area (Å²) in [6.45, 7) is 19.9. The molecule has 2 fully saturated rings.